The van der Waals surface area contributed by atoms with Crippen molar-refractivity contribution in [3.8, 4) is 5.75 Å². The molecular formula is C10H13N3O3. The average Bonchev–Trinajstić information content (AvgIpc) is 2.29. The summed E-state index contributed by atoms with van der Waals surface area (Å²) in [5.41, 5.74) is 0.557. The molecule has 16 heavy (non-hydrogen) atoms. The van der Waals surface area contributed by atoms with E-state index < -0.39 is 6.03 Å². The van der Waals surface area contributed by atoms with Gasteiger partial charge in [0.2, 0.25) is 5.91 Å². The summed E-state index contributed by atoms with van der Waals surface area (Å²) in [7, 11) is 1.47. The number of urea groups is 1. The van der Waals surface area contributed by atoms with Crippen molar-refractivity contribution in [1.82, 2.24) is 10.6 Å². The van der Waals surface area contributed by atoms with Crippen LogP contribution in [0.1, 0.15) is 0 Å². The number of anilines is 1. The molecule has 6 nitrogen and oxygen atoms in total. The van der Waals surface area contributed by atoms with Gasteiger partial charge in [0.15, 0.2) is 0 Å². The molecule has 0 saturated heterocycles. The minimum absolute atomic E-state index is 0.111. The van der Waals surface area contributed by atoms with Crippen molar-refractivity contribution in [1.29, 1.82) is 0 Å². The van der Waals surface area contributed by atoms with E-state index in [0.29, 0.717) is 5.69 Å². The van der Waals surface area contributed by atoms with E-state index in [9.17, 15) is 9.59 Å². The zero-order valence-corrected chi connectivity index (χ0v) is 8.78. The fourth-order valence-electron chi connectivity index (χ4n) is 0.999. The van der Waals surface area contributed by atoms with Crippen LogP contribution in [0.2, 0.25) is 0 Å². The molecular weight excluding hydrogens is 210 g/mol. The molecule has 0 aliphatic rings. The molecule has 3 amide bonds. The molecule has 0 atom stereocenters. The summed E-state index contributed by atoms with van der Waals surface area (Å²) < 4.78 is 0. The zero-order chi connectivity index (χ0) is 12.0. The number of carbonyl (C=O) groups excluding carboxylic acids is 2. The fourth-order valence-corrected chi connectivity index (χ4v) is 0.999. The van der Waals surface area contributed by atoms with Crippen LogP contribution in [-0.2, 0) is 4.79 Å². The van der Waals surface area contributed by atoms with E-state index in [1.807, 2.05) is 0 Å². The standard InChI is InChI=1S/C10H13N3O3/c1-11-10(16)12-6-9(15)13-7-2-4-8(14)5-3-7/h2-5,14H,6H2,1H3,(H,13,15)(H2,11,12,16). The van der Waals surface area contributed by atoms with E-state index in [1.54, 1.807) is 12.1 Å². The van der Waals surface area contributed by atoms with Gasteiger partial charge < -0.3 is 21.1 Å². The molecule has 1 aromatic carbocycles. The molecule has 6 heteroatoms. The minimum Gasteiger partial charge on any atom is -0.508 e. The molecule has 0 unspecified atom stereocenters. The van der Waals surface area contributed by atoms with E-state index in [2.05, 4.69) is 16.0 Å². The molecule has 1 rings (SSSR count). The number of rotatable bonds is 3. The molecule has 0 aliphatic heterocycles. The summed E-state index contributed by atoms with van der Waals surface area (Å²) in [4.78, 5) is 22.1. The predicted molar refractivity (Wildman–Crippen MR) is 59.2 cm³/mol. The second-order valence-electron chi connectivity index (χ2n) is 3.03. The van der Waals surface area contributed by atoms with E-state index >= 15 is 0 Å². The summed E-state index contributed by atoms with van der Waals surface area (Å²) >= 11 is 0. The highest BCUT2D eigenvalue weighted by Gasteiger charge is 2.03. The number of aromatic hydroxyl groups is 1. The summed E-state index contributed by atoms with van der Waals surface area (Å²) in [6, 6.07) is 5.63. The Morgan fingerprint density at radius 2 is 1.88 bits per heavy atom. The van der Waals surface area contributed by atoms with Crippen molar-refractivity contribution < 1.29 is 14.7 Å². The third-order valence-electron chi connectivity index (χ3n) is 1.79. The first-order valence-electron chi connectivity index (χ1n) is 4.66. The van der Waals surface area contributed by atoms with Crippen LogP contribution < -0.4 is 16.0 Å². The maximum absolute atomic E-state index is 11.3. The quantitative estimate of drug-likeness (QED) is 0.554. The van der Waals surface area contributed by atoms with Crippen LogP contribution in [0.5, 0.6) is 5.75 Å². The largest absolute Gasteiger partial charge is 0.508 e. The summed E-state index contributed by atoms with van der Waals surface area (Å²) in [5.74, 6) is -0.212. The lowest BCUT2D eigenvalue weighted by Gasteiger charge is -2.06. The van der Waals surface area contributed by atoms with Gasteiger partial charge in [0, 0.05) is 12.7 Å². The van der Waals surface area contributed by atoms with E-state index in [1.165, 1.54) is 19.2 Å². The van der Waals surface area contributed by atoms with Crippen molar-refractivity contribution in [2.24, 2.45) is 0 Å². The highest BCUT2D eigenvalue weighted by atomic mass is 16.3. The highest BCUT2D eigenvalue weighted by Crippen LogP contribution is 2.13. The maximum atomic E-state index is 11.3. The van der Waals surface area contributed by atoms with Crippen LogP contribution >= 0.6 is 0 Å². The molecule has 0 radical (unpaired) electrons. The van der Waals surface area contributed by atoms with Gasteiger partial charge in [0.25, 0.3) is 0 Å². The van der Waals surface area contributed by atoms with Crippen molar-refractivity contribution in [3.63, 3.8) is 0 Å². The minimum atomic E-state index is -0.416. The lowest BCUT2D eigenvalue weighted by atomic mass is 10.3. The number of amides is 3. The van der Waals surface area contributed by atoms with Gasteiger partial charge in [-0.1, -0.05) is 0 Å². The molecule has 0 aromatic heterocycles. The van der Waals surface area contributed by atoms with E-state index in [-0.39, 0.29) is 18.2 Å². The maximum Gasteiger partial charge on any atom is 0.314 e. The van der Waals surface area contributed by atoms with Gasteiger partial charge in [-0.25, -0.2) is 4.79 Å². The number of phenolic OH excluding ortho intramolecular Hbond substituents is 1. The molecule has 4 N–H and O–H groups in total. The number of phenols is 1. The van der Waals surface area contributed by atoms with E-state index in [4.69, 9.17) is 5.11 Å². The number of hydrogen-bond donors (Lipinski definition) is 4. The van der Waals surface area contributed by atoms with Crippen LogP contribution in [0.15, 0.2) is 24.3 Å². The number of nitrogens with one attached hydrogen (secondary N) is 3. The third kappa shape index (κ3) is 3.87. The molecule has 0 saturated carbocycles. The molecule has 0 spiro atoms. The second kappa shape index (κ2) is 5.59. The van der Waals surface area contributed by atoms with Crippen molar-refractivity contribution >= 4 is 17.6 Å². The van der Waals surface area contributed by atoms with Gasteiger partial charge in [0.05, 0.1) is 6.54 Å². The Kier molecular flexibility index (Phi) is 4.14. The smallest absolute Gasteiger partial charge is 0.314 e. The predicted octanol–water partition coefficient (Wildman–Crippen LogP) is 0.260. The van der Waals surface area contributed by atoms with Crippen LogP contribution in [0.25, 0.3) is 0 Å². The molecule has 0 heterocycles. The number of benzene rings is 1. The second-order valence-corrected chi connectivity index (χ2v) is 3.03. The lowest BCUT2D eigenvalue weighted by Crippen LogP contribution is -2.38. The van der Waals surface area contributed by atoms with Gasteiger partial charge in [0.1, 0.15) is 5.75 Å². The Hall–Kier alpha value is -2.24. The third-order valence-corrected chi connectivity index (χ3v) is 1.79. The Bertz CT molecular complexity index is 375. The molecule has 0 fully saturated rings. The van der Waals surface area contributed by atoms with Gasteiger partial charge in [-0.2, -0.15) is 0 Å². The molecule has 0 bridgehead atoms. The van der Waals surface area contributed by atoms with Crippen molar-refractivity contribution in [3.05, 3.63) is 24.3 Å². The number of carbonyl (C=O) groups is 2. The fraction of sp³-hybridized carbons (Fsp3) is 0.200. The summed E-state index contributed by atoms with van der Waals surface area (Å²) in [6.07, 6.45) is 0. The molecule has 1 aromatic rings. The van der Waals surface area contributed by atoms with Crippen molar-refractivity contribution in [2.45, 2.75) is 0 Å². The molecule has 0 aliphatic carbocycles. The van der Waals surface area contributed by atoms with E-state index in [0.717, 1.165) is 0 Å². The van der Waals surface area contributed by atoms with Crippen LogP contribution in [0, 0.1) is 0 Å². The summed E-state index contributed by atoms with van der Waals surface area (Å²) in [6.45, 7) is -0.111. The Labute approximate surface area is 92.7 Å². The average molecular weight is 223 g/mol. The first kappa shape index (κ1) is 11.8. The SMILES string of the molecule is CNC(=O)NCC(=O)Nc1ccc(O)cc1. The first-order chi connectivity index (χ1) is 7.61. The monoisotopic (exact) mass is 223 g/mol. The topological polar surface area (TPSA) is 90.5 Å². The van der Waals surface area contributed by atoms with Gasteiger partial charge in [-0.15, -0.1) is 0 Å². The van der Waals surface area contributed by atoms with Gasteiger partial charge in [-0.05, 0) is 24.3 Å². The zero-order valence-electron chi connectivity index (χ0n) is 8.78. The van der Waals surface area contributed by atoms with Crippen LogP contribution in [0.3, 0.4) is 0 Å². The highest BCUT2D eigenvalue weighted by molar-refractivity contribution is 5.94. The summed E-state index contributed by atoms with van der Waals surface area (Å²) in [5, 5.41) is 16.3. The van der Waals surface area contributed by atoms with Crippen molar-refractivity contribution in [2.75, 3.05) is 18.9 Å². The Balaban J connectivity index is 2.40. The van der Waals surface area contributed by atoms with Gasteiger partial charge in [-0.3, -0.25) is 4.79 Å². The number of hydrogen-bond acceptors (Lipinski definition) is 3. The van der Waals surface area contributed by atoms with Gasteiger partial charge >= 0.3 is 6.03 Å². The van der Waals surface area contributed by atoms with Crippen LogP contribution in [-0.4, -0.2) is 30.6 Å². The lowest BCUT2D eigenvalue weighted by molar-refractivity contribution is -0.115. The van der Waals surface area contributed by atoms with Crippen LogP contribution in [0.4, 0.5) is 10.5 Å². The molecule has 86 valence electrons. The Morgan fingerprint density at radius 3 is 2.44 bits per heavy atom. The Morgan fingerprint density at radius 1 is 1.25 bits per heavy atom. The first-order valence-corrected chi connectivity index (χ1v) is 4.66. The normalized spacial score (nSPS) is 9.31.